The number of aliphatic hydroxyl groups is 3. The zero-order chi connectivity index (χ0) is 13.0. The van der Waals surface area contributed by atoms with E-state index < -0.39 is 13.2 Å². The molecule has 0 heterocycles. The van der Waals surface area contributed by atoms with Crippen molar-refractivity contribution in [3.8, 4) is 5.75 Å². The summed E-state index contributed by atoms with van der Waals surface area (Å²) in [5, 5.41) is 39.5. The Bertz CT molecular complexity index is 430. The summed E-state index contributed by atoms with van der Waals surface area (Å²) in [6.45, 7) is -0.0380. The fourth-order valence-corrected chi connectivity index (χ4v) is 1.59. The molecule has 0 radical (unpaired) electrons. The molecule has 0 aromatic heterocycles. The van der Waals surface area contributed by atoms with E-state index >= 15 is 0 Å². The van der Waals surface area contributed by atoms with Crippen molar-refractivity contribution < 1.29 is 25.2 Å². The Morgan fingerprint density at radius 1 is 1.18 bits per heavy atom. The molecule has 1 amide bonds. The van der Waals surface area contributed by atoms with Crippen LogP contribution >= 0.6 is 0 Å². The summed E-state index contributed by atoms with van der Waals surface area (Å²) in [7, 11) is 0. The van der Waals surface area contributed by atoms with E-state index in [9.17, 15) is 15.0 Å². The first-order valence-corrected chi connectivity index (χ1v) is 5.01. The van der Waals surface area contributed by atoms with E-state index in [-0.39, 0.29) is 35.1 Å². The molecule has 0 spiro atoms. The second kappa shape index (κ2) is 5.62. The predicted molar refractivity (Wildman–Crippen MR) is 60.2 cm³/mol. The van der Waals surface area contributed by atoms with E-state index in [4.69, 9.17) is 10.2 Å². The Labute approximate surface area is 98.1 Å². The fourth-order valence-electron chi connectivity index (χ4n) is 1.59. The molecule has 5 N–H and O–H groups in total. The van der Waals surface area contributed by atoms with Crippen LogP contribution in [0.1, 0.15) is 23.6 Å². The van der Waals surface area contributed by atoms with E-state index in [2.05, 4.69) is 5.32 Å². The minimum atomic E-state index is -0.512. The fraction of sp³-hybridized carbons (Fsp3) is 0.364. The Balaban J connectivity index is 3.42. The largest absolute Gasteiger partial charge is 0.507 e. The van der Waals surface area contributed by atoms with Gasteiger partial charge in [0.15, 0.2) is 0 Å². The van der Waals surface area contributed by atoms with Crippen molar-refractivity contribution in [3.05, 3.63) is 22.8 Å². The van der Waals surface area contributed by atoms with Crippen LogP contribution in [-0.2, 0) is 24.6 Å². The molecule has 1 rings (SSSR count). The van der Waals surface area contributed by atoms with Crippen molar-refractivity contribution >= 4 is 11.6 Å². The highest BCUT2D eigenvalue weighted by atomic mass is 16.3. The zero-order valence-corrected chi connectivity index (χ0v) is 9.40. The number of phenols is 1. The van der Waals surface area contributed by atoms with Gasteiger partial charge >= 0.3 is 0 Å². The van der Waals surface area contributed by atoms with Gasteiger partial charge in [0.1, 0.15) is 5.75 Å². The molecule has 0 atom stereocenters. The lowest BCUT2D eigenvalue weighted by Gasteiger charge is -2.16. The number of carbonyl (C=O) groups excluding carboxylic acids is 1. The average Bonchev–Trinajstić information content (AvgIpc) is 2.29. The molecule has 0 unspecified atom stereocenters. The number of carbonyl (C=O) groups is 1. The summed E-state index contributed by atoms with van der Waals surface area (Å²) in [6.07, 6.45) is 0. The number of benzene rings is 1. The van der Waals surface area contributed by atoms with E-state index in [1.165, 1.54) is 13.0 Å². The number of aromatic hydroxyl groups is 1. The molecule has 0 fully saturated rings. The number of rotatable bonds is 4. The van der Waals surface area contributed by atoms with Crippen LogP contribution in [0.4, 0.5) is 5.69 Å². The number of hydrogen-bond donors (Lipinski definition) is 5. The lowest BCUT2D eigenvalue weighted by atomic mass is 10.0. The lowest BCUT2D eigenvalue weighted by Crippen LogP contribution is -2.12. The van der Waals surface area contributed by atoms with Crippen LogP contribution in [0, 0.1) is 0 Å². The smallest absolute Gasteiger partial charge is 0.221 e. The summed E-state index contributed by atoms with van der Waals surface area (Å²) >= 11 is 0. The molecule has 1 aromatic rings. The van der Waals surface area contributed by atoms with Gasteiger partial charge < -0.3 is 25.7 Å². The van der Waals surface area contributed by atoms with Crippen LogP contribution in [0.3, 0.4) is 0 Å². The summed E-state index contributed by atoms with van der Waals surface area (Å²) in [5.41, 5.74) is 0.770. The second-order valence-electron chi connectivity index (χ2n) is 3.55. The molecule has 0 saturated heterocycles. The van der Waals surface area contributed by atoms with E-state index in [1.807, 2.05) is 0 Å². The maximum absolute atomic E-state index is 11.0. The van der Waals surface area contributed by atoms with E-state index in [1.54, 1.807) is 0 Å². The van der Waals surface area contributed by atoms with Crippen LogP contribution in [0.15, 0.2) is 6.07 Å². The van der Waals surface area contributed by atoms with Crippen molar-refractivity contribution in [2.75, 3.05) is 5.32 Å². The van der Waals surface area contributed by atoms with Crippen LogP contribution < -0.4 is 5.32 Å². The molecule has 1 aromatic carbocycles. The molecule has 0 aliphatic rings. The van der Waals surface area contributed by atoms with E-state index in [0.29, 0.717) is 5.56 Å². The van der Waals surface area contributed by atoms with Crippen molar-refractivity contribution in [2.45, 2.75) is 26.7 Å². The highest BCUT2D eigenvalue weighted by molar-refractivity contribution is 5.91. The summed E-state index contributed by atoms with van der Waals surface area (Å²) in [4.78, 5) is 11.0. The Morgan fingerprint density at radius 3 is 2.18 bits per heavy atom. The molecule has 0 saturated carbocycles. The molecule has 0 bridgehead atoms. The first-order chi connectivity index (χ1) is 8.04. The minimum absolute atomic E-state index is 0.0794. The van der Waals surface area contributed by atoms with Crippen LogP contribution in [-0.4, -0.2) is 26.3 Å². The van der Waals surface area contributed by atoms with E-state index in [0.717, 1.165) is 0 Å². The van der Waals surface area contributed by atoms with Gasteiger partial charge in [0, 0.05) is 23.6 Å². The number of aliphatic hydroxyl groups excluding tert-OH is 3. The predicted octanol–water partition coefficient (Wildman–Crippen LogP) is -0.173. The third-order valence-electron chi connectivity index (χ3n) is 2.36. The Morgan fingerprint density at radius 2 is 1.76 bits per heavy atom. The molecule has 0 aliphatic heterocycles. The zero-order valence-electron chi connectivity index (χ0n) is 9.40. The van der Waals surface area contributed by atoms with Crippen LogP contribution in [0.5, 0.6) is 5.75 Å². The number of nitrogens with one attached hydrogen (secondary N) is 1. The third-order valence-corrected chi connectivity index (χ3v) is 2.36. The van der Waals surface area contributed by atoms with Gasteiger partial charge in [-0.15, -0.1) is 0 Å². The molecule has 6 heteroatoms. The van der Waals surface area contributed by atoms with Gasteiger partial charge in [0.25, 0.3) is 0 Å². The van der Waals surface area contributed by atoms with Crippen LogP contribution in [0.25, 0.3) is 0 Å². The number of hydrogen-bond acceptors (Lipinski definition) is 5. The quantitative estimate of drug-likeness (QED) is 0.502. The highest BCUT2D eigenvalue weighted by Crippen LogP contribution is 2.33. The van der Waals surface area contributed by atoms with Gasteiger partial charge in [-0.2, -0.15) is 0 Å². The molecule has 17 heavy (non-hydrogen) atoms. The van der Waals surface area contributed by atoms with Gasteiger partial charge in [-0.1, -0.05) is 0 Å². The summed E-state index contributed by atoms with van der Waals surface area (Å²) in [6, 6.07) is 1.37. The van der Waals surface area contributed by atoms with Crippen molar-refractivity contribution in [1.29, 1.82) is 0 Å². The normalized spacial score (nSPS) is 10.4. The Kier molecular flexibility index (Phi) is 4.45. The summed E-state index contributed by atoms with van der Waals surface area (Å²) < 4.78 is 0. The van der Waals surface area contributed by atoms with Gasteiger partial charge in [-0.25, -0.2) is 0 Å². The molecule has 94 valence electrons. The molecule has 0 aliphatic carbocycles. The maximum atomic E-state index is 11.0. The third kappa shape index (κ3) is 2.73. The topological polar surface area (TPSA) is 110 Å². The van der Waals surface area contributed by atoms with Gasteiger partial charge in [0.2, 0.25) is 5.91 Å². The van der Waals surface area contributed by atoms with Gasteiger partial charge in [-0.05, 0) is 6.07 Å². The highest BCUT2D eigenvalue weighted by Gasteiger charge is 2.17. The lowest BCUT2D eigenvalue weighted by molar-refractivity contribution is -0.114. The first kappa shape index (κ1) is 13.4. The van der Waals surface area contributed by atoms with Crippen molar-refractivity contribution in [3.63, 3.8) is 0 Å². The van der Waals surface area contributed by atoms with Gasteiger partial charge in [0.05, 0.1) is 25.5 Å². The minimum Gasteiger partial charge on any atom is -0.507 e. The van der Waals surface area contributed by atoms with Crippen molar-refractivity contribution in [2.24, 2.45) is 0 Å². The maximum Gasteiger partial charge on any atom is 0.221 e. The first-order valence-electron chi connectivity index (χ1n) is 5.01. The molecule has 6 nitrogen and oxygen atoms in total. The second-order valence-corrected chi connectivity index (χ2v) is 3.55. The standard InChI is InChI=1S/C11H15NO5/c1-6(16)12-10-7(3-13)2-8(4-14)11(17)9(10)5-15/h2,13-15,17H,3-5H2,1H3,(H,12,16). The van der Waals surface area contributed by atoms with Gasteiger partial charge in [-0.3, -0.25) is 4.79 Å². The Hall–Kier alpha value is -1.63. The molecular formula is C11H15NO5. The number of anilines is 1. The summed E-state index contributed by atoms with van der Waals surface area (Å²) in [5.74, 6) is -0.665. The molecular weight excluding hydrogens is 226 g/mol. The average molecular weight is 241 g/mol. The van der Waals surface area contributed by atoms with Crippen molar-refractivity contribution in [1.82, 2.24) is 0 Å². The monoisotopic (exact) mass is 241 g/mol. The number of amides is 1. The van der Waals surface area contributed by atoms with Crippen LogP contribution in [0.2, 0.25) is 0 Å². The SMILES string of the molecule is CC(=O)Nc1c(CO)cc(CO)c(O)c1CO.